The molecule has 1 aliphatic rings. The Labute approximate surface area is 105 Å². The van der Waals surface area contributed by atoms with Crippen LogP contribution in [-0.4, -0.2) is 11.8 Å². The molecule has 0 aliphatic carbocycles. The molecule has 0 fully saturated rings. The number of nitrogens with zero attached hydrogens (tertiary/aromatic N) is 1. The van der Waals surface area contributed by atoms with E-state index in [0.717, 1.165) is 32.2 Å². The van der Waals surface area contributed by atoms with E-state index in [0.29, 0.717) is 6.79 Å². The van der Waals surface area contributed by atoms with Crippen LogP contribution in [0.15, 0.2) is 21.4 Å². The predicted molar refractivity (Wildman–Crippen MR) is 66.1 cm³/mol. The Morgan fingerprint density at radius 3 is 2.75 bits per heavy atom. The zero-order valence-corrected chi connectivity index (χ0v) is 10.9. The Bertz CT molecular complexity index is 553. The van der Waals surface area contributed by atoms with Crippen molar-refractivity contribution in [3.05, 3.63) is 27.0 Å². The molecule has 0 saturated carbocycles. The van der Waals surface area contributed by atoms with Crippen molar-refractivity contribution < 1.29 is 9.47 Å². The molecule has 0 amide bonds. The number of halogens is 1. The number of benzene rings is 1. The monoisotopic (exact) mass is 297 g/mol. The third-order valence-corrected chi connectivity index (χ3v) is 3.84. The Morgan fingerprint density at radius 1 is 1.31 bits per heavy atom. The largest absolute Gasteiger partial charge is 0.454 e. The summed E-state index contributed by atoms with van der Waals surface area (Å²) in [5.41, 5.74) is 3.20. The molecule has 1 aliphatic heterocycles. The maximum absolute atomic E-state index is 5.36. The third kappa shape index (κ3) is 1.60. The smallest absolute Gasteiger partial charge is 0.231 e. The van der Waals surface area contributed by atoms with E-state index >= 15 is 0 Å². The first-order chi connectivity index (χ1) is 7.74. The van der Waals surface area contributed by atoms with E-state index in [1.54, 1.807) is 11.3 Å². The van der Waals surface area contributed by atoms with Gasteiger partial charge in [0, 0.05) is 10.9 Å². The van der Waals surface area contributed by atoms with Crippen molar-refractivity contribution in [2.75, 3.05) is 6.79 Å². The van der Waals surface area contributed by atoms with Gasteiger partial charge in [0.25, 0.3) is 0 Å². The second kappa shape index (κ2) is 3.75. The molecule has 0 saturated heterocycles. The maximum Gasteiger partial charge on any atom is 0.231 e. The van der Waals surface area contributed by atoms with Crippen LogP contribution in [0, 0.1) is 6.92 Å². The number of fused-ring (bicyclic) bond motifs is 1. The van der Waals surface area contributed by atoms with Gasteiger partial charge in [-0.1, -0.05) is 0 Å². The van der Waals surface area contributed by atoms with E-state index in [9.17, 15) is 0 Å². The lowest BCUT2D eigenvalue weighted by atomic mass is 10.1. The topological polar surface area (TPSA) is 31.4 Å². The molecule has 1 aromatic carbocycles. The summed E-state index contributed by atoms with van der Waals surface area (Å²) in [6.07, 6.45) is 0. The number of thiazole rings is 1. The number of aromatic nitrogens is 1. The number of aryl methyl sites for hydroxylation is 1. The Hall–Kier alpha value is -1.07. The van der Waals surface area contributed by atoms with Gasteiger partial charge in [-0.3, -0.25) is 0 Å². The summed E-state index contributed by atoms with van der Waals surface area (Å²) in [5, 5.41) is 2.02. The van der Waals surface area contributed by atoms with Gasteiger partial charge in [0.1, 0.15) is 0 Å². The number of ether oxygens (including phenoxy) is 2. The number of hydrogen-bond donors (Lipinski definition) is 0. The minimum atomic E-state index is 0.305. The van der Waals surface area contributed by atoms with Crippen molar-refractivity contribution in [3.63, 3.8) is 0 Å². The van der Waals surface area contributed by atoms with Crippen molar-refractivity contribution in [1.29, 1.82) is 0 Å². The molecule has 0 atom stereocenters. The first-order valence-electron chi connectivity index (χ1n) is 4.75. The molecule has 5 heteroatoms. The first-order valence-corrected chi connectivity index (χ1v) is 6.43. The van der Waals surface area contributed by atoms with Gasteiger partial charge >= 0.3 is 0 Å². The van der Waals surface area contributed by atoms with Gasteiger partial charge in [0.15, 0.2) is 15.4 Å². The summed E-state index contributed by atoms with van der Waals surface area (Å²) in [4.78, 5) is 4.41. The predicted octanol–water partition coefficient (Wildman–Crippen LogP) is 3.61. The van der Waals surface area contributed by atoms with Gasteiger partial charge in [-0.05, 0) is 40.5 Å². The fraction of sp³-hybridized carbons (Fsp3) is 0.182. The van der Waals surface area contributed by atoms with Crippen LogP contribution in [0.2, 0.25) is 0 Å². The van der Waals surface area contributed by atoms with E-state index in [1.807, 2.05) is 24.4 Å². The fourth-order valence-corrected chi connectivity index (χ4v) is 2.71. The Morgan fingerprint density at radius 2 is 2.06 bits per heavy atom. The van der Waals surface area contributed by atoms with Crippen molar-refractivity contribution in [2.45, 2.75) is 6.92 Å². The van der Waals surface area contributed by atoms with Crippen LogP contribution in [0.3, 0.4) is 0 Å². The fourth-order valence-electron chi connectivity index (χ4n) is 1.70. The SMILES string of the molecule is Cc1cc2c(cc1-c1csc(Br)n1)OCO2. The highest BCUT2D eigenvalue weighted by Gasteiger charge is 2.17. The number of rotatable bonds is 1. The molecule has 16 heavy (non-hydrogen) atoms. The van der Waals surface area contributed by atoms with Crippen LogP contribution in [-0.2, 0) is 0 Å². The highest BCUT2D eigenvalue weighted by atomic mass is 79.9. The molecular formula is C11H8BrNO2S. The van der Waals surface area contributed by atoms with Crippen LogP contribution < -0.4 is 9.47 Å². The van der Waals surface area contributed by atoms with E-state index in [-0.39, 0.29) is 0 Å². The molecule has 3 nitrogen and oxygen atoms in total. The van der Waals surface area contributed by atoms with Crippen molar-refractivity contribution in [3.8, 4) is 22.8 Å². The van der Waals surface area contributed by atoms with Crippen LogP contribution in [0.25, 0.3) is 11.3 Å². The zero-order chi connectivity index (χ0) is 11.1. The Kier molecular flexibility index (Phi) is 2.37. The van der Waals surface area contributed by atoms with E-state index < -0.39 is 0 Å². The minimum Gasteiger partial charge on any atom is -0.454 e. The molecule has 0 radical (unpaired) electrons. The maximum atomic E-state index is 5.36. The van der Waals surface area contributed by atoms with Crippen LogP contribution in [0.5, 0.6) is 11.5 Å². The standard InChI is InChI=1S/C11H8BrNO2S/c1-6-2-9-10(15-5-14-9)3-7(6)8-4-16-11(12)13-8/h2-4H,5H2,1H3. The average molecular weight is 298 g/mol. The highest BCUT2D eigenvalue weighted by molar-refractivity contribution is 9.11. The zero-order valence-electron chi connectivity index (χ0n) is 8.49. The second-order valence-electron chi connectivity index (χ2n) is 3.51. The van der Waals surface area contributed by atoms with Crippen LogP contribution in [0.4, 0.5) is 0 Å². The second-order valence-corrected chi connectivity index (χ2v) is 5.64. The summed E-state index contributed by atoms with van der Waals surface area (Å²) < 4.78 is 11.6. The van der Waals surface area contributed by atoms with Crippen LogP contribution >= 0.6 is 27.3 Å². The van der Waals surface area contributed by atoms with Gasteiger partial charge in [0.2, 0.25) is 6.79 Å². The van der Waals surface area contributed by atoms with E-state index in [2.05, 4.69) is 20.9 Å². The normalized spacial score (nSPS) is 13.1. The van der Waals surface area contributed by atoms with Crippen LogP contribution in [0.1, 0.15) is 5.56 Å². The highest BCUT2D eigenvalue weighted by Crippen LogP contribution is 2.38. The van der Waals surface area contributed by atoms with Crippen molar-refractivity contribution in [2.24, 2.45) is 0 Å². The molecule has 3 rings (SSSR count). The van der Waals surface area contributed by atoms with E-state index in [4.69, 9.17) is 9.47 Å². The number of hydrogen-bond acceptors (Lipinski definition) is 4. The lowest BCUT2D eigenvalue weighted by molar-refractivity contribution is 0.174. The van der Waals surface area contributed by atoms with Crippen molar-refractivity contribution in [1.82, 2.24) is 4.98 Å². The molecular weight excluding hydrogens is 290 g/mol. The lowest BCUT2D eigenvalue weighted by Crippen LogP contribution is -1.92. The Balaban J connectivity index is 2.14. The molecule has 0 bridgehead atoms. The first kappa shape index (κ1) is 10.1. The van der Waals surface area contributed by atoms with Gasteiger partial charge in [-0.2, -0.15) is 0 Å². The summed E-state index contributed by atoms with van der Waals surface area (Å²) in [5.74, 6) is 1.61. The molecule has 2 aromatic rings. The van der Waals surface area contributed by atoms with Gasteiger partial charge in [0.05, 0.1) is 5.69 Å². The molecule has 0 unspecified atom stereocenters. The quantitative estimate of drug-likeness (QED) is 0.806. The molecule has 0 spiro atoms. The van der Waals surface area contributed by atoms with E-state index in [1.165, 1.54) is 0 Å². The lowest BCUT2D eigenvalue weighted by Gasteiger charge is -2.04. The molecule has 0 N–H and O–H groups in total. The summed E-state index contributed by atoms with van der Waals surface area (Å²) in [6, 6.07) is 3.98. The molecule has 82 valence electrons. The minimum absolute atomic E-state index is 0.305. The van der Waals surface area contributed by atoms with Gasteiger partial charge in [-0.25, -0.2) is 4.98 Å². The van der Waals surface area contributed by atoms with Gasteiger partial charge in [-0.15, -0.1) is 11.3 Å². The summed E-state index contributed by atoms with van der Waals surface area (Å²) in [6.45, 7) is 2.35. The van der Waals surface area contributed by atoms with Gasteiger partial charge < -0.3 is 9.47 Å². The average Bonchev–Trinajstić information content (AvgIpc) is 2.84. The molecule has 2 heterocycles. The summed E-state index contributed by atoms with van der Waals surface area (Å²) in [7, 11) is 0. The molecule has 1 aromatic heterocycles. The third-order valence-electron chi connectivity index (χ3n) is 2.47. The van der Waals surface area contributed by atoms with Crippen molar-refractivity contribution >= 4 is 27.3 Å². The summed E-state index contributed by atoms with van der Waals surface area (Å²) >= 11 is 4.94.